The molecule has 2 N–H and O–H groups in total. The number of hydrogen-bond donors (Lipinski definition) is 2. The van der Waals surface area contributed by atoms with E-state index in [9.17, 15) is 8.78 Å². The molecule has 0 saturated carbocycles. The van der Waals surface area contributed by atoms with Crippen LogP contribution in [0.25, 0.3) is 17.0 Å². The number of ether oxygens (including phenoxy) is 1. The average molecular weight is 387 g/mol. The summed E-state index contributed by atoms with van der Waals surface area (Å²) < 4.78 is 35.6. The normalized spacial score (nSPS) is 19.9. The zero-order chi connectivity index (χ0) is 19.7. The third-order valence-corrected chi connectivity index (χ3v) is 4.67. The highest BCUT2D eigenvalue weighted by Crippen LogP contribution is 2.26. The predicted molar refractivity (Wildman–Crippen MR) is 104 cm³/mol. The second-order valence-corrected chi connectivity index (χ2v) is 7.19. The third-order valence-electron chi connectivity index (χ3n) is 4.67. The van der Waals surface area contributed by atoms with Gasteiger partial charge in [-0.1, -0.05) is 6.07 Å². The number of pyridine rings is 2. The fourth-order valence-electron chi connectivity index (χ4n) is 3.33. The van der Waals surface area contributed by atoms with Gasteiger partial charge in [-0.2, -0.15) is 0 Å². The van der Waals surface area contributed by atoms with Crippen LogP contribution in [0.2, 0.25) is 0 Å². The highest BCUT2D eigenvalue weighted by Gasteiger charge is 2.24. The Hall–Kier alpha value is -2.74. The van der Waals surface area contributed by atoms with E-state index in [2.05, 4.69) is 20.6 Å². The number of fused-ring (bicyclic) bond motifs is 1. The van der Waals surface area contributed by atoms with Gasteiger partial charge in [0.2, 0.25) is 0 Å². The molecule has 6 nitrogen and oxygen atoms in total. The maximum absolute atomic E-state index is 14.4. The number of alkyl halides is 1. The molecule has 0 bridgehead atoms. The lowest BCUT2D eigenvalue weighted by Gasteiger charge is -2.28. The van der Waals surface area contributed by atoms with Crippen LogP contribution in [-0.2, 0) is 0 Å². The van der Waals surface area contributed by atoms with Gasteiger partial charge in [-0.25, -0.2) is 18.7 Å². The second kappa shape index (κ2) is 7.71. The third kappa shape index (κ3) is 3.77. The van der Waals surface area contributed by atoms with E-state index < -0.39 is 12.0 Å². The molecular weight excluding hydrogens is 364 g/mol. The molecule has 0 radical (unpaired) electrons. The Kier molecular flexibility index (Phi) is 5.13. The summed E-state index contributed by atoms with van der Waals surface area (Å²) in [6.45, 7) is 4.91. The fourth-order valence-corrected chi connectivity index (χ4v) is 3.33. The molecule has 4 rings (SSSR count). The van der Waals surface area contributed by atoms with E-state index >= 15 is 0 Å². The van der Waals surface area contributed by atoms with Crippen LogP contribution in [0.3, 0.4) is 0 Å². The first-order chi connectivity index (χ1) is 13.5. The first-order valence-electron chi connectivity index (χ1n) is 9.43. The molecule has 1 fully saturated rings. The van der Waals surface area contributed by atoms with Crippen molar-refractivity contribution < 1.29 is 13.5 Å². The Morgan fingerprint density at radius 3 is 3.00 bits per heavy atom. The van der Waals surface area contributed by atoms with E-state index in [1.54, 1.807) is 22.7 Å². The van der Waals surface area contributed by atoms with Crippen LogP contribution in [0.1, 0.15) is 20.3 Å². The quantitative estimate of drug-likeness (QED) is 0.702. The molecule has 3 aromatic heterocycles. The van der Waals surface area contributed by atoms with Crippen LogP contribution in [0.15, 0.2) is 36.7 Å². The van der Waals surface area contributed by atoms with Crippen LogP contribution >= 0.6 is 0 Å². The summed E-state index contributed by atoms with van der Waals surface area (Å²) in [6, 6.07) is 6.69. The summed E-state index contributed by atoms with van der Waals surface area (Å²) in [5.41, 5.74) is 1.83. The number of aromatic nitrogens is 3. The fraction of sp³-hybridized carbons (Fsp3) is 0.400. The standard InChI is InChI=1S/C20H23F2N5O/c1-12(2)28-18-8-20-24-10-17(27(20)11-14(18)22)15-4-3-5-19(25-15)26-16-9-23-7-6-13(16)21/h3-5,8,10-13,16,23H,6-7,9H2,1-2H3,(H,25,26)/t13-,16-/m0/s1. The summed E-state index contributed by atoms with van der Waals surface area (Å²) in [7, 11) is 0. The molecule has 1 aliphatic rings. The van der Waals surface area contributed by atoms with E-state index in [1.807, 2.05) is 26.0 Å². The number of piperidine rings is 1. The molecule has 0 aromatic carbocycles. The molecule has 0 spiro atoms. The Bertz CT molecular complexity index is 974. The van der Waals surface area contributed by atoms with Crippen LogP contribution < -0.4 is 15.4 Å². The van der Waals surface area contributed by atoms with Crippen LogP contribution in [-0.4, -0.2) is 45.8 Å². The summed E-state index contributed by atoms with van der Waals surface area (Å²) >= 11 is 0. The number of rotatable bonds is 5. The van der Waals surface area contributed by atoms with Gasteiger partial charge >= 0.3 is 0 Å². The Morgan fingerprint density at radius 1 is 1.36 bits per heavy atom. The zero-order valence-electron chi connectivity index (χ0n) is 15.8. The van der Waals surface area contributed by atoms with Gasteiger partial charge in [-0.3, -0.25) is 4.40 Å². The molecular formula is C20H23F2N5O. The molecule has 1 aliphatic heterocycles. The number of imidazole rings is 1. The first kappa shape index (κ1) is 18.6. The maximum Gasteiger partial charge on any atom is 0.181 e. The van der Waals surface area contributed by atoms with Crippen LogP contribution in [0.5, 0.6) is 5.75 Å². The van der Waals surface area contributed by atoms with E-state index in [0.29, 0.717) is 42.4 Å². The number of nitrogens with zero attached hydrogens (tertiary/aromatic N) is 3. The summed E-state index contributed by atoms with van der Waals surface area (Å²) in [5.74, 6) is 0.272. The average Bonchev–Trinajstić information content (AvgIpc) is 3.06. The van der Waals surface area contributed by atoms with Crippen molar-refractivity contribution in [2.24, 2.45) is 0 Å². The number of hydrogen-bond acceptors (Lipinski definition) is 5. The second-order valence-electron chi connectivity index (χ2n) is 7.19. The van der Waals surface area contributed by atoms with E-state index in [-0.39, 0.29) is 17.9 Å². The molecule has 0 aliphatic carbocycles. The molecule has 3 aromatic rings. The van der Waals surface area contributed by atoms with Crippen molar-refractivity contribution in [1.29, 1.82) is 0 Å². The minimum Gasteiger partial charge on any atom is -0.488 e. The summed E-state index contributed by atoms with van der Waals surface area (Å²) in [4.78, 5) is 8.92. The molecule has 0 amide bonds. The largest absolute Gasteiger partial charge is 0.488 e. The van der Waals surface area contributed by atoms with Crippen molar-refractivity contribution in [3.63, 3.8) is 0 Å². The van der Waals surface area contributed by atoms with Gasteiger partial charge in [0.1, 0.15) is 17.6 Å². The highest BCUT2D eigenvalue weighted by molar-refractivity contribution is 5.63. The predicted octanol–water partition coefficient (Wildman–Crippen LogP) is 3.43. The van der Waals surface area contributed by atoms with Crippen molar-refractivity contribution >= 4 is 11.5 Å². The Labute approximate surface area is 162 Å². The van der Waals surface area contributed by atoms with Gasteiger partial charge in [0.25, 0.3) is 0 Å². The zero-order valence-corrected chi connectivity index (χ0v) is 15.8. The topological polar surface area (TPSA) is 63.5 Å². The number of halogens is 2. The molecule has 1 saturated heterocycles. The van der Waals surface area contributed by atoms with Gasteiger partial charge in [0.05, 0.1) is 35.9 Å². The van der Waals surface area contributed by atoms with Gasteiger partial charge in [0.15, 0.2) is 11.6 Å². The molecule has 148 valence electrons. The number of anilines is 1. The van der Waals surface area contributed by atoms with E-state index in [4.69, 9.17) is 4.74 Å². The summed E-state index contributed by atoms with van der Waals surface area (Å²) in [6.07, 6.45) is 2.41. The van der Waals surface area contributed by atoms with Gasteiger partial charge in [0, 0.05) is 12.6 Å². The summed E-state index contributed by atoms with van der Waals surface area (Å²) in [5, 5.41) is 6.33. The van der Waals surface area contributed by atoms with E-state index in [1.165, 1.54) is 6.20 Å². The SMILES string of the molecule is CC(C)Oc1cc2ncc(-c3cccc(N[C@H]4CNCC[C@@H]4F)n3)n2cc1F. The molecule has 0 unspecified atom stereocenters. The minimum atomic E-state index is -0.920. The Balaban J connectivity index is 1.64. The van der Waals surface area contributed by atoms with Gasteiger partial charge in [-0.15, -0.1) is 0 Å². The van der Waals surface area contributed by atoms with Crippen LogP contribution in [0, 0.1) is 5.82 Å². The van der Waals surface area contributed by atoms with Crippen molar-refractivity contribution in [2.75, 3.05) is 18.4 Å². The molecule has 8 heteroatoms. The smallest absolute Gasteiger partial charge is 0.181 e. The first-order valence-corrected chi connectivity index (χ1v) is 9.43. The van der Waals surface area contributed by atoms with Gasteiger partial charge in [-0.05, 0) is 38.9 Å². The number of nitrogens with one attached hydrogen (secondary N) is 2. The van der Waals surface area contributed by atoms with Crippen molar-refractivity contribution in [3.8, 4) is 17.1 Å². The lowest BCUT2D eigenvalue weighted by molar-refractivity contribution is 0.231. The van der Waals surface area contributed by atoms with Crippen LogP contribution in [0.4, 0.5) is 14.6 Å². The Morgan fingerprint density at radius 2 is 2.21 bits per heavy atom. The molecule has 4 heterocycles. The lowest BCUT2D eigenvalue weighted by atomic mass is 10.1. The molecule has 2 atom stereocenters. The lowest BCUT2D eigenvalue weighted by Crippen LogP contribution is -2.46. The minimum absolute atomic E-state index is 0.135. The molecule has 28 heavy (non-hydrogen) atoms. The monoisotopic (exact) mass is 387 g/mol. The van der Waals surface area contributed by atoms with Crippen molar-refractivity contribution in [1.82, 2.24) is 19.7 Å². The maximum atomic E-state index is 14.4. The van der Waals surface area contributed by atoms with Gasteiger partial charge < -0.3 is 15.4 Å². The van der Waals surface area contributed by atoms with Crippen molar-refractivity contribution in [2.45, 2.75) is 38.6 Å². The van der Waals surface area contributed by atoms with Crippen molar-refractivity contribution in [3.05, 3.63) is 42.5 Å². The highest BCUT2D eigenvalue weighted by atomic mass is 19.1. The van der Waals surface area contributed by atoms with E-state index in [0.717, 1.165) is 0 Å².